The Hall–Kier alpha value is -2.38. The Morgan fingerprint density at radius 1 is 1.00 bits per heavy atom. The first kappa shape index (κ1) is 20.4. The molecule has 1 saturated heterocycles. The Bertz CT molecular complexity index is 903. The summed E-state index contributed by atoms with van der Waals surface area (Å²) in [6, 6.07) is 14.3. The van der Waals surface area contributed by atoms with E-state index in [-0.39, 0.29) is 17.3 Å². The highest BCUT2D eigenvalue weighted by Crippen LogP contribution is 2.22. The van der Waals surface area contributed by atoms with E-state index in [1.54, 1.807) is 24.3 Å². The first-order valence-corrected chi connectivity index (χ1v) is 11.0. The average molecular weight is 402 g/mol. The van der Waals surface area contributed by atoms with Crippen molar-refractivity contribution < 1.29 is 13.2 Å². The molecule has 28 heavy (non-hydrogen) atoms. The molecule has 0 unspecified atom stereocenters. The number of piperidine rings is 1. The summed E-state index contributed by atoms with van der Waals surface area (Å²) in [6.07, 6.45) is 3.70. The van der Waals surface area contributed by atoms with Gasteiger partial charge in [-0.3, -0.25) is 4.79 Å². The van der Waals surface area contributed by atoms with Crippen LogP contribution in [0.2, 0.25) is 0 Å². The van der Waals surface area contributed by atoms with Crippen LogP contribution in [-0.4, -0.2) is 45.3 Å². The maximum absolute atomic E-state index is 12.6. The summed E-state index contributed by atoms with van der Waals surface area (Å²) in [6.45, 7) is 3.77. The van der Waals surface area contributed by atoms with Crippen LogP contribution >= 0.6 is 0 Å². The number of carbonyl (C=O) groups is 1. The van der Waals surface area contributed by atoms with Gasteiger partial charge in [0, 0.05) is 31.5 Å². The number of aryl methyl sites for hydroxylation is 1. The monoisotopic (exact) mass is 401 g/mol. The molecule has 1 aliphatic heterocycles. The minimum atomic E-state index is -3.70. The van der Waals surface area contributed by atoms with Gasteiger partial charge in [-0.05, 0) is 62.6 Å². The number of hydrogen-bond donors (Lipinski definition) is 1. The summed E-state index contributed by atoms with van der Waals surface area (Å²) in [5.74, 6) is -0.371. The van der Waals surface area contributed by atoms with Crippen molar-refractivity contribution in [1.82, 2.24) is 4.31 Å². The lowest BCUT2D eigenvalue weighted by atomic mass is 10.1. The van der Waals surface area contributed by atoms with Gasteiger partial charge in [0.05, 0.1) is 11.4 Å². The molecule has 0 spiro atoms. The molecular formula is C21H27N3O3S. The van der Waals surface area contributed by atoms with E-state index in [1.165, 1.54) is 26.3 Å². The topological polar surface area (TPSA) is 69.7 Å². The van der Waals surface area contributed by atoms with Crippen molar-refractivity contribution in [3.8, 4) is 0 Å². The van der Waals surface area contributed by atoms with Gasteiger partial charge in [0.2, 0.25) is 15.9 Å². The second-order valence-electron chi connectivity index (χ2n) is 7.22. The molecule has 7 heteroatoms. The molecule has 150 valence electrons. The van der Waals surface area contributed by atoms with E-state index in [0.29, 0.717) is 5.69 Å². The summed E-state index contributed by atoms with van der Waals surface area (Å²) < 4.78 is 26.2. The second-order valence-corrected chi connectivity index (χ2v) is 9.26. The number of nitrogens with one attached hydrogen (secondary N) is 1. The molecule has 3 rings (SSSR count). The normalized spacial score (nSPS) is 14.9. The molecule has 0 atom stereocenters. The lowest BCUT2D eigenvalue weighted by molar-refractivity contribution is -0.116. The molecular weight excluding hydrogens is 374 g/mol. The quantitative estimate of drug-likeness (QED) is 0.807. The number of carbonyl (C=O) groups excluding carboxylic acids is 1. The van der Waals surface area contributed by atoms with Crippen LogP contribution in [0, 0.1) is 6.92 Å². The smallest absolute Gasteiger partial charge is 0.243 e. The molecule has 1 amide bonds. The highest BCUT2D eigenvalue weighted by Gasteiger charge is 2.23. The number of rotatable bonds is 6. The molecule has 6 nitrogen and oxygen atoms in total. The number of amides is 1. The van der Waals surface area contributed by atoms with Crippen LogP contribution in [-0.2, 0) is 14.8 Å². The van der Waals surface area contributed by atoms with E-state index in [4.69, 9.17) is 0 Å². The van der Waals surface area contributed by atoms with Gasteiger partial charge >= 0.3 is 0 Å². The first-order chi connectivity index (χ1) is 13.4. The Morgan fingerprint density at radius 2 is 1.61 bits per heavy atom. The van der Waals surface area contributed by atoms with Crippen molar-refractivity contribution in [1.29, 1.82) is 0 Å². The van der Waals surface area contributed by atoms with E-state index >= 15 is 0 Å². The number of benzene rings is 2. The average Bonchev–Trinajstić information content (AvgIpc) is 2.69. The predicted molar refractivity (Wildman–Crippen MR) is 112 cm³/mol. The summed E-state index contributed by atoms with van der Waals surface area (Å²) in [5.41, 5.74) is 2.79. The van der Waals surface area contributed by atoms with Crippen LogP contribution in [0.15, 0.2) is 53.4 Å². The number of hydrogen-bond acceptors (Lipinski definition) is 4. The second kappa shape index (κ2) is 8.75. The Balaban J connectivity index is 1.59. The van der Waals surface area contributed by atoms with Crippen LogP contribution in [0.4, 0.5) is 11.4 Å². The fourth-order valence-electron chi connectivity index (χ4n) is 3.29. The number of likely N-dealkylation sites (N-methyl/N-ethyl adjacent to an activating group) is 1. The first-order valence-electron chi connectivity index (χ1n) is 9.54. The third-order valence-corrected chi connectivity index (χ3v) is 6.79. The lowest BCUT2D eigenvalue weighted by Gasteiger charge is -2.28. The molecule has 1 aliphatic rings. The van der Waals surface area contributed by atoms with Crippen molar-refractivity contribution in [3.63, 3.8) is 0 Å². The van der Waals surface area contributed by atoms with Gasteiger partial charge in [0.1, 0.15) is 0 Å². The Kier molecular flexibility index (Phi) is 6.36. The largest absolute Gasteiger partial charge is 0.372 e. The molecule has 0 aliphatic carbocycles. The minimum absolute atomic E-state index is 0.180. The van der Waals surface area contributed by atoms with Gasteiger partial charge in [-0.2, -0.15) is 4.31 Å². The number of nitrogens with zero attached hydrogens (tertiary/aromatic N) is 2. The fraction of sp³-hybridized carbons (Fsp3) is 0.381. The van der Waals surface area contributed by atoms with Crippen LogP contribution in [0.25, 0.3) is 0 Å². The molecule has 0 radical (unpaired) electrons. The third kappa shape index (κ3) is 4.91. The van der Waals surface area contributed by atoms with E-state index in [1.807, 2.05) is 31.2 Å². The van der Waals surface area contributed by atoms with Gasteiger partial charge < -0.3 is 10.2 Å². The standard InChI is InChI=1S/C21H27N3O3S/c1-17-6-12-20(13-7-17)28(26,27)23(2)16-21(25)22-18-8-10-19(11-9-18)24-14-4-3-5-15-24/h6-13H,3-5,14-16H2,1-2H3,(H,22,25). The summed E-state index contributed by atoms with van der Waals surface area (Å²) in [4.78, 5) is 14.8. The predicted octanol–water partition coefficient (Wildman–Crippen LogP) is 3.24. The number of sulfonamides is 1. The Labute approximate surface area is 167 Å². The van der Waals surface area contributed by atoms with E-state index in [0.717, 1.165) is 28.6 Å². The Morgan fingerprint density at radius 3 is 2.21 bits per heavy atom. The number of anilines is 2. The van der Waals surface area contributed by atoms with Crippen LogP contribution in [0.5, 0.6) is 0 Å². The maximum atomic E-state index is 12.6. The zero-order chi connectivity index (χ0) is 20.1. The summed E-state index contributed by atoms with van der Waals surface area (Å²) >= 11 is 0. The maximum Gasteiger partial charge on any atom is 0.243 e. The van der Waals surface area contributed by atoms with Gasteiger partial charge in [-0.25, -0.2) is 8.42 Å². The van der Waals surface area contributed by atoms with Gasteiger partial charge in [0.25, 0.3) is 0 Å². The minimum Gasteiger partial charge on any atom is -0.372 e. The molecule has 1 heterocycles. The van der Waals surface area contributed by atoms with Crippen molar-refractivity contribution in [2.75, 3.05) is 36.9 Å². The highest BCUT2D eigenvalue weighted by molar-refractivity contribution is 7.89. The van der Waals surface area contributed by atoms with Crippen molar-refractivity contribution in [2.45, 2.75) is 31.1 Å². The molecule has 1 N–H and O–H groups in total. The van der Waals surface area contributed by atoms with Crippen molar-refractivity contribution in [3.05, 3.63) is 54.1 Å². The van der Waals surface area contributed by atoms with Gasteiger partial charge in [-0.1, -0.05) is 17.7 Å². The summed E-state index contributed by atoms with van der Waals surface area (Å²) in [5, 5.41) is 2.77. The van der Waals surface area contributed by atoms with Crippen LogP contribution < -0.4 is 10.2 Å². The van der Waals surface area contributed by atoms with E-state index in [9.17, 15) is 13.2 Å². The van der Waals surface area contributed by atoms with E-state index in [2.05, 4.69) is 10.2 Å². The molecule has 0 aromatic heterocycles. The SMILES string of the molecule is Cc1ccc(S(=O)(=O)N(C)CC(=O)Nc2ccc(N3CCCCC3)cc2)cc1. The van der Waals surface area contributed by atoms with Crippen molar-refractivity contribution >= 4 is 27.3 Å². The molecule has 0 bridgehead atoms. The van der Waals surface area contributed by atoms with Crippen LogP contribution in [0.1, 0.15) is 24.8 Å². The molecule has 2 aromatic rings. The zero-order valence-electron chi connectivity index (χ0n) is 16.4. The lowest BCUT2D eigenvalue weighted by Crippen LogP contribution is -2.35. The zero-order valence-corrected chi connectivity index (χ0v) is 17.2. The van der Waals surface area contributed by atoms with Crippen molar-refractivity contribution in [2.24, 2.45) is 0 Å². The molecule has 1 fully saturated rings. The van der Waals surface area contributed by atoms with Crippen LogP contribution in [0.3, 0.4) is 0 Å². The van der Waals surface area contributed by atoms with Gasteiger partial charge in [0.15, 0.2) is 0 Å². The highest BCUT2D eigenvalue weighted by atomic mass is 32.2. The third-order valence-electron chi connectivity index (χ3n) is 4.97. The van der Waals surface area contributed by atoms with E-state index < -0.39 is 10.0 Å². The molecule has 0 saturated carbocycles. The molecule has 2 aromatic carbocycles. The fourth-order valence-corrected chi connectivity index (χ4v) is 4.41. The summed E-state index contributed by atoms with van der Waals surface area (Å²) in [7, 11) is -2.29. The van der Waals surface area contributed by atoms with Gasteiger partial charge in [-0.15, -0.1) is 0 Å².